The van der Waals surface area contributed by atoms with Crippen molar-refractivity contribution < 1.29 is 4.74 Å². The van der Waals surface area contributed by atoms with E-state index in [9.17, 15) is 0 Å². The van der Waals surface area contributed by atoms with E-state index in [1.54, 1.807) is 0 Å². The van der Waals surface area contributed by atoms with Gasteiger partial charge in [0.25, 0.3) is 0 Å². The molecule has 1 aliphatic carbocycles. The number of ether oxygens (including phenoxy) is 1. The van der Waals surface area contributed by atoms with Crippen LogP contribution in [0.2, 0.25) is 0 Å². The second-order valence-corrected chi connectivity index (χ2v) is 6.33. The predicted octanol–water partition coefficient (Wildman–Crippen LogP) is 4.39. The fraction of sp³-hybridized carbons (Fsp3) is 0.667. The van der Waals surface area contributed by atoms with Gasteiger partial charge in [-0.2, -0.15) is 0 Å². The molecular formula is C18H29NO. The van der Waals surface area contributed by atoms with Crippen LogP contribution >= 0.6 is 0 Å². The fourth-order valence-electron chi connectivity index (χ4n) is 2.94. The summed E-state index contributed by atoms with van der Waals surface area (Å²) in [5.41, 5.74) is 1.31. The highest BCUT2D eigenvalue weighted by molar-refractivity contribution is 5.28. The largest absolute Gasteiger partial charge is 0.490 e. The number of hydrogen-bond donors (Lipinski definition) is 1. The Morgan fingerprint density at radius 1 is 1.20 bits per heavy atom. The van der Waals surface area contributed by atoms with Crippen molar-refractivity contribution in [1.29, 1.82) is 0 Å². The lowest BCUT2D eigenvalue weighted by molar-refractivity contribution is 0.101. The summed E-state index contributed by atoms with van der Waals surface area (Å²) < 4.78 is 6.19. The first-order valence-corrected chi connectivity index (χ1v) is 8.15. The van der Waals surface area contributed by atoms with E-state index in [-0.39, 0.29) is 0 Å². The van der Waals surface area contributed by atoms with Gasteiger partial charge in [-0.15, -0.1) is 0 Å². The molecule has 0 heterocycles. The van der Waals surface area contributed by atoms with Gasteiger partial charge < -0.3 is 10.1 Å². The van der Waals surface area contributed by atoms with E-state index in [1.807, 2.05) is 0 Å². The minimum Gasteiger partial charge on any atom is -0.490 e. The molecule has 0 spiro atoms. The fourth-order valence-corrected chi connectivity index (χ4v) is 2.94. The Kier molecular flexibility index (Phi) is 5.90. The second kappa shape index (κ2) is 7.68. The van der Waals surface area contributed by atoms with E-state index in [0.29, 0.717) is 6.10 Å². The number of nitrogens with one attached hydrogen (secondary N) is 1. The van der Waals surface area contributed by atoms with Crippen LogP contribution in [0, 0.1) is 11.8 Å². The van der Waals surface area contributed by atoms with E-state index < -0.39 is 0 Å². The lowest BCUT2D eigenvalue weighted by atomic mass is 9.80. The minimum atomic E-state index is 0.403. The predicted molar refractivity (Wildman–Crippen MR) is 85.0 cm³/mol. The molecule has 112 valence electrons. The third-order valence-corrected chi connectivity index (χ3v) is 4.51. The summed E-state index contributed by atoms with van der Waals surface area (Å²) in [5, 5.41) is 3.44. The molecular weight excluding hydrogens is 246 g/mol. The average molecular weight is 275 g/mol. The molecule has 3 unspecified atom stereocenters. The van der Waals surface area contributed by atoms with Gasteiger partial charge in [-0.25, -0.2) is 0 Å². The molecule has 2 rings (SSSR count). The molecule has 1 aromatic rings. The van der Waals surface area contributed by atoms with Gasteiger partial charge in [-0.3, -0.25) is 0 Å². The zero-order valence-electron chi connectivity index (χ0n) is 13.2. The maximum Gasteiger partial charge on any atom is 0.120 e. The van der Waals surface area contributed by atoms with Gasteiger partial charge in [0.05, 0.1) is 6.10 Å². The van der Waals surface area contributed by atoms with Crippen LogP contribution in [-0.4, -0.2) is 12.6 Å². The van der Waals surface area contributed by atoms with Gasteiger partial charge in [0, 0.05) is 6.54 Å². The topological polar surface area (TPSA) is 21.3 Å². The first-order chi connectivity index (χ1) is 9.69. The number of rotatable bonds is 6. The molecule has 20 heavy (non-hydrogen) atoms. The van der Waals surface area contributed by atoms with Crippen LogP contribution in [0.1, 0.15) is 52.0 Å². The summed E-state index contributed by atoms with van der Waals surface area (Å²) in [6.45, 7) is 8.91. The molecule has 3 atom stereocenters. The normalized spacial score (nSPS) is 26.4. The minimum absolute atomic E-state index is 0.403. The SMILES string of the molecule is CCCNCc1cccc(OC2CCC(C)C(C)C2)c1. The molecule has 0 amide bonds. The van der Waals surface area contributed by atoms with Crippen LogP contribution in [0.5, 0.6) is 5.75 Å². The summed E-state index contributed by atoms with van der Waals surface area (Å²) in [5.74, 6) is 2.66. The standard InChI is InChI=1S/C18H29NO/c1-4-10-19-13-16-6-5-7-17(12-16)20-18-9-8-14(2)15(3)11-18/h5-7,12,14-15,18-19H,4,8-11,13H2,1-3H3. The summed E-state index contributed by atoms with van der Waals surface area (Å²) in [7, 11) is 0. The summed E-state index contributed by atoms with van der Waals surface area (Å²) in [4.78, 5) is 0. The zero-order chi connectivity index (χ0) is 14.4. The van der Waals surface area contributed by atoms with Gasteiger partial charge in [0.2, 0.25) is 0 Å². The number of benzene rings is 1. The molecule has 1 aliphatic rings. The van der Waals surface area contributed by atoms with Gasteiger partial charge in [-0.1, -0.05) is 32.9 Å². The number of hydrogen-bond acceptors (Lipinski definition) is 2. The maximum atomic E-state index is 6.19. The van der Waals surface area contributed by atoms with E-state index in [0.717, 1.165) is 30.7 Å². The first-order valence-electron chi connectivity index (χ1n) is 8.15. The lowest BCUT2D eigenvalue weighted by Gasteiger charge is -2.32. The van der Waals surface area contributed by atoms with Gasteiger partial charge in [0.15, 0.2) is 0 Å². The monoisotopic (exact) mass is 275 g/mol. The third kappa shape index (κ3) is 4.52. The molecule has 2 nitrogen and oxygen atoms in total. The van der Waals surface area contributed by atoms with Gasteiger partial charge >= 0.3 is 0 Å². The molecule has 1 aromatic carbocycles. The Bertz CT molecular complexity index is 404. The molecule has 0 radical (unpaired) electrons. The van der Waals surface area contributed by atoms with Crippen molar-refractivity contribution in [2.24, 2.45) is 11.8 Å². The van der Waals surface area contributed by atoms with E-state index in [1.165, 1.54) is 31.2 Å². The van der Waals surface area contributed by atoms with E-state index in [4.69, 9.17) is 4.74 Å². The lowest BCUT2D eigenvalue weighted by Crippen LogP contribution is -2.28. The van der Waals surface area contributed by atoms with Crippen molar-refractivity contribution in [2.75, 3.05) is 6.54 Å². The first kappa shape index (κ1) is 15.4. The Labute approximate surface area is 123 Å². The van der Waals surface area contributed by atoms with Crippen molar-refractivity contribution in [3.63, 3.8) is 0 Å². The third-order valence-electron chi connectivity index (χ3n) is 4.51. The molecule has 2 heteroatoms. The second-order valence-electron chi connectivity index (χ2n) is 6.33. The highest BCUT2D eigenvalue weighted by Crippen LogP contribution is 2.31. The summed E-state index contributed by atoms with van der Waals surface area (Å²) >= 11 is 0. The van der Waals surface area contributed by atoms with E-state index in [2.05, 4.69) is 50.4 Å². The summed E-state index contributed by atoms with van der Waals surface area (Å²) in [6.07, 6.45) is 5.27. The molecule has 0 bridgehead atoms. The van der Waals surface area contributed by atoms with Crippen molar-refractivity contribution >= 4 is 0 Å². The summed E-state index contributed by atoms with van der Waals surface area (Å²) in [6, 6.07) is 8.55. The van der Waals surface area contributed by atoms with Crippen molar-refractivity contribution in [3.05, 3.63) is 29.8 Å². The molecule has 1 fully saturated rings. The van der Waals surface area contributed by atoms with Gasteiger partial charge in [0.1, 0.15) is 5.75 Å². The molecule has 0 aliphatic heterocycles. The van der Waals surface area contributed by atoms with Crippen molar-refractivity contribution in [1.82, 2.24) is 5.32 Å². The highest BCUT2D eigenvalue weighted by atomic mass is 16.5. The van der Waals surface area contributed by atoms with Crippen molar-refractivity contribution in [3.8, 4) is 5.75 Å². The Hall–Kier alpha value is -1.02. The van der Waals surface area contributed by atoms with Gasteiger partial charge in [-0.05, 0) is 61.8 Å². The van der Waals surface area contributed by atoms with Crippen LogP contribution in [-0.2, 0) is 6.54 Å². The smallest absolute Gasteiger partial charge is 0.120 e. The maximum absolute atomic E-state index is 6.19. The van der Waals surface area contributed by atoms with Crippen LogP contribution in [0.25, 0.3) is 0 Å². The Balaban J connectivity index is 1.87. The highest BCUT2D eigenvalue weighted by Gasteiger charge is 2.25. The molecule has 1 N–H and O–H groups in total. The average Bonchev–Trinajstić information content (AvgIpc) is 2.44. The quantitative estimate of drug-likeness (QED) is 0.777. The zero-order valence-corrected chi connectivity index (χ0v) is 13.2. The Morgan fingerprint density at radius 3 is 2.80 bits per heavy atom. The van der Waals surface area contributed by atoms with Crippen LogP contribution in [0.3, 0.4) is 0 Å². The van der Waals surface area contributed by atoms with Crippen LogP contribution in [0.15, 0.2) is 24.3 Å². The van der Waals surface area contributed by atoms with Crippen LogP contribution < -0.4 is 10.1 Å². The van der Waals surface area contributed by atoms with Crippen molar-refractivity contribution in [2.45, 2.75) is 59.1 Å². The van der Waals surface area contributed by atoms with Crippen LogP contribution in [0.4, 0.5) is 0 Å². The molecule has 1 saturated carbocycles. The molecule has 0 aromatic heterocycles. The van der Waals surface area contributed by atoms with E-state index >= 15 is 0 Å². The Morgan fingerprint density at radius 2 is 2.05 bits per heavy atom. The molecule has 0 saturated heterocycles.